The largest absolute Gasteiger partial charge is 0.491 e. The summed E-state index contributed by atoms with van der Waals surface area (Å²) in [6, 6.07) is 5.17. The van der Waals surface area contributed by atoms with Crippen molar-refractivity contribution in [1.82, 2.24) is 5.32 Å². The van der Waals surface area contributed by atoms with Gasteiger partial charge in [0.2, 0.25) is 5.91 Å². The van der Waals surface area contributed by atoms with Crippen molar-refractivity contribution in [2.24, 2.45) is 0 Å². The highest BCUT2D eigenvalue weighted by Gasteiger charge is 2.14. The highest BCUT2D eigenvalue weighted by Crippen LogP contribution is 2.24. The fraction of sp³-hybridized carbons (Fsp3) is 0.533. The molecule has 0 aliphatic heterocycles. The van der Waals surface area contributed by atoms with Crippen LogP contribution in [0.2, 0.25) is 0 Å². The summed E-state index contributed by atoms with van der Waals surface area (Å²) in [5, 5.41) is 5.99. The second kappa shape index (κ2) is 7.03. The van der Waals surface area contributed by atoms with Gasteiger partial charge in [0, 0.05) is 29.5 Å². The molecular formula is C15H25N3O2. The molecule has 0 fully saturated rings. The van der Waals surface area contributed by atoms with Crippen LogP contribution in [0.1, 0.15) is 34.6 Å². The molecule has 0 saturated heterocycles. The van der Waals surface area contributed by atoms with E-state index in [1.165, 1.54) is 0 Å². The van der Waals surface area contributed by atoms with E-state index in [1.807, 2.05) is 40.7 Å². The normalized spacial score (nSPS) is 12.3. The van der Waals surface area contributed by atoms with Crippen molar-refractivity contribution >= 4 is 17.3 Å². The molecule has 4 N–H and O–H groups in total. The second-order valence-corrected chi connectivity index (χ2v) is 5.49. The van der Waals surface area contributed by atoms with Crippen molar-refractivity contribution in [1.29, 1.82) is 0 Å². The van der Waals surface area contributed by atoms with Crippen LogP contribution < -0.4 is 21.1 Å². The Hall–Kier alpha value is -1.91. The van der Waals surface area contributed by atoms with Gasteiger partial charge in [0.25, 0.3) is 0 Å². The Bertz CT molecular complexity index is 458. The van der Waals surface area contributed by atoms with E-state index in [1.54, 1.807) is 12.1 Å². The van der Waals surface area contributed by atoms with Gasteiger partial charge in [0.05, 0.1) is 6.10 Å². The summed E-state index contributed by atoms with van der Waals surface area (Å²) < 4.78 is 5.62. The molecule has 5 nitrogen and oxygen atoms in total. The van der Waals surface area contributed by atoms with Crippen molar-refractivity contribution in [3.63, 3.8) is 0 Å². The van der Waals surface area contributed by atoms with Crippen LogP contribution in [0, 0.1) is 0 Å². The lowest BCUT2D eigenvalue weighted by molar-refractivity contribution is -0.122. The monoisotopic (exact) mass is 279 g/mol. The van der Waals surface area contributed by atoms with Crippen LogP contribution in [-0.4, -0.2) is 24.1 Å². The Balaban J connectivity index is 2.76. The number of carbonyl (C=O) groups excluding carboxylic acids is 1. The first-order chi connectivity index (χ1) is 9.27. The van der Waals surface area contributed by atoms with E-state index in [9.17, 15) is 4.79 Å². The molecule has 1 unspecified atom stereocenters. The first-order valence-electron chi connectivity index (χ1n) is 6.92. The molecule has 0 aliphatic rings. The van der Waals surface area contributed by atoms with E-state index in [0.717, 1.165) is 5.69 Å². The number of nitrogen functional groups attached to an aromatic ring is 1. The topological polar surface area (TPSA) is 76.4 Å². The number of ether oxygens (including phenoxy) is 1. The molecule has 0 heterocycles. The minimum absolute atomic E-state index is 0.0475. The molecule has 1 amide bonds. The Morgan fingerprint density at radius 3 is 2.35 bits per heavy atom. The molecule has 0 aromatic heterocycles. The quantitative estimate of drug-likeness (QED) is 0.699. The van der Waals surface area contributed by atoms with Crippen LogP contribution in [0.3, 0.4) is 0 Å². The van der Waals surface area contributed by atoms with Crippen LogP contribution in [0.4, 0.5) is 11.4 Å². The maximum Gasteiger partial charge on any atom is 0.242 e. The maximum atomic E-state index is 11.9. The van der Waals surface area contributed by atoms with Crippen molar-refractivity contribution in [2.75, 3.05) is 11.1 Å². The summed E-state index contributed by atoms with van der Waals surface area (Å²) >= 11 is 0. The molecule has 0 spiro atoms. The third-order valence-electron chi connectivity index (χ3n) is 2.51. The van der Waals surface area contributed by atoms with E-state index < -0.39 is 0 Å². The Morgan fingerprint density at radius 2 is 1.80 bits per heavy atom. The molecule has 112 valence electrons. The summed E-state index contributed by atoms with van der Waals surface area (Å²) in [6.45, 7) is 9.58. The van der Waals surface area contributed by atoms with Gasteiger partial charge in [-0.3, -0.25) is 4.79 Å². The zero-order valence-corrected chi connectivity index (χ0v) is 12.9. The molecular weight excluding hydrogens is 254 g/mol. The minimum atomic E-state index is -0.342. The number of amides is 1. The molecule has 0 bridgehead atoms. The molecule has 5 heteroatoms. The Kier molecular flexibility index (Phi) is 5.67. The zero-order valence-electron chi connectivity index (χ0n) is 12.9. The third-order valence-corrected chi connectivity index (χ3v) is 2.51. The summed E-state index contributed by atoms with van der Waals surface area (Å²) in [6.07, 6.45) is 0.0753. The number of benzene rings is 1. The lowest BCUT2D eigenvalue weighted by atomic mass is 10.2. The first kappa shape index (κ1) is 16.1. The number of carbonyl (C=O) groups is 1. The SMILES string of the molecule is CC(C)NC(=O)C(C)Nc1cc(N)cc(OC(C)C)c1. The predicted molar refractivity (Wildman–Crippen MR) is 83.0 cm³/mol. The van der Waals surface area contributed by atoms with Gasteiger partial charge in [-0.2, -0.15) is 0 Å². The van der Waals surface area contributed by atoms with Gasteiger partial charge in [-0.05, 0) is 40.7 Å². The highest BCUT2D eigenvalue weighted by molar-refractivity contribution is 5.84. The standard InChI is InChI=1S/C15H25N3O2/c1-9(2)17-15(19)11(5)18-13-6-12(16)7-14(8-13)20-10(3)4/h6-11,18H,16H2,1-5H3,(H,17,19). The zero-order chi connectivity index (χ0) is 15.3. The van der Waals surface area contributed by atoms with E-state index in [0.29, 0.717) is 11.4 Å². The average Bonchev–Trinajstić information content (AvgIpc) is 2.25. The Morgan fingerprint density at radius 1 is 1.15 bits per heavy atom. The molecule has 1 rings (SSSR count). The van der Waals surface area contributed by atoms with Gasteiger partial charge in [-0.15, -0.1) is 0 Å². The molecule has 0 radical (unpaired) electrons. The molecule has 1 atom stereocenters. The van der Waals surface area contributed by atoms with Gasteiger partial charge in [0.15, 0.2) is 0 Å². The smallest absolute Gasteiger partial charge is 0.242 e. The van der Waals surface area contributed by atoms with Gasteiger partial charge >= 0.3 is 0 Å². The van der Waals surface area contributed by atoms with E-state index in [2.05, 4.69) is 10.6 Å². The van der Waals surface area contributed by atoms with Crippen LogP contribution >= 0.6 is 0 Å². The van der Waals surface area contributed by atoms with Gasteiger partial charge in [-0.25, -0.2) is 0 Å². The molecule has 20 heavy (non-hydrogen) atoms. The van der Waals surface area contributed by atoms with E-state index >= 15 is 0 Å². The number of hydrogen-bond donors (Lipinski definition) is 3. The lowest BCUT2D eigenvalue weighted by Gasteiger charge is -2.18. The van der Waals surface area contributed by atoms with Crippen LogP contribution in [0.5, 0.6) is 5.75 Å². The van der Waals surface area contributed by atoms with Gasteiger partial charge in [-0.1, -0.05) is 0 Å². The minimum Gasteiger partial charge on any atom is -0.491 e. The van der Waals surface area contributed by atoms with Gasteiger partial charge < -0.3 is 21.1 Å². The molecule has 1 aromatic carbocycles. The number of hydrogen-bond acceptors (Lipinski definition) is 4. The van der Waals surface area contributed by atoms with E-state index in [4.69, 9.17) is 10.5 Å². The molecule has 0 saturated carbocycles. The summed E-state index contributed by atoms with van der Waals surface area (Å²) in [5.74, 6) is 0.646. The second-order valence-electron chi connectivity index (χ2n) is 5.49. The summed E-state index contributed by atoms with van der Waals surface area (Å²) in [4.78, 5) is 11.9. The predicted octanol–water partition coefficient (Wildman–Crippen LogP) is 2.38. The van der Waals surface area contributed by atoms with Crippen LogP contribution in [0.25, 0.3) is 0 Å². The lowest BCUT2D eigenvalue weighted by Crippen LogP contribution is -2.40. The van der Waals surface area contributed by atoms with Crippen molar-refractivity contribution in [3.05, 3.63) is 18.2 Å². The Labute approximate surface area is 120 Å². The van der Waals surface area contributed by atoms with E-state index in [-0.39, 0.29) is 24.1 Å². The highest BCUT2D eigenvalue weighted by atomic mass is 16.5. The molecule has 1 aromatic rings. The van der Waals surface area contributed by atoms with Crippen molar-refractivity contribution in [3.8, 4) is 5.75 Å². The van der Waals surface area contributed by atoms with Crippen molar-refractivity contribution in [2.45, 2.75) is 52.8 Å². The summed E-state index contributed by atoms with van der Waals surface area (Å²) in [5.41, 5.74) is 7.22. The number of nitrogens with one attached hydrogen (secondary N) is 2. The number of rotatable bonds is 6. The fourth-order valence-electron chi connectivity index (χ4n) is 1.77. The van der Waals surface area contributed by atoms with Gasteiger partial charge in [0.1, 0.15) is 11.8 Å². The number of nitrogens with two attached hydrogens (primary N) is 1. The maximum absolute atomic E-state index is 11.9. The fourth-order valence-corrected chi connectivity index (χ4v) is 1.77. The molecule has 0 aliphatic carbocycles. The van der Waals surface area contributed by atoms with Crippen LogP contribution in [0.15, 0.2) is 18.2 Å². The first-order valence-corrected chi connectivity index (χ1v) is 6.92. The third kappa shape index (κ3) is 5.38. The number of anilines is 2. The van der Waals surface area contributed by atoms with Crippen molar-refractivity contribution < 1.29 is 9.53 Å². The summed E-state index contributed by atoms with van der Waals surface area (Å²) in [7, 11) is 0. The van der Waals surface area contributed by atoms with Crippen LogP contribution in [-0.2, 0) is 4.79 Å². The average molecular weight is 279 g/mol.